The fourth-order valence-corrected chi connectivity index (χ4v) is 2.57. The summed E-state index contributed by atoms with van der Waals surface area (Å²) in [6.07, 6.45) is -4.81. The van der Waals surface area contributed by atoms with Crippen LogP contribution < -0.4 is 15.6 Å². The van der Waals surface area contributed by atoms with Gasteiger partial charge in [-0.2, -0.15) is 4.98 Å². The molecule has 28 heavy (non-hydrogen) atoms. The van der Waals surface area contributed by atoms with E-state index in [9.17, 15) is 27.5 Å². The lowest BCUT2D eigenvalue weighted by atomic mass is 9.95. The van der Waals surface area contributed by atoms with Crippen molar-refractivity contribution in [2.45, 2.75) is 26.3 Å². The highest BCUT2D eigenvalue weighted by atomic mass is 19.4. The standard InChI is InChI=1S/C17H18F4N4O3/c1-8(2)13(9-3-5-10(6-4-9)28-17(19,20)21)23-14-12(11(22)7-18)15(26)25-16(27)24-14/h3-6,8,13,22H,7H2,1-2H3,(H3,23,24,25,26,27). The Morgan fingerprint density at radius 3 is 2.43 bits per heavy atom. The van der Waals surface area contributed by atoms with E-state index < -0.39 is 42.1 Å². The van der Waals surface area contributed by atoms with Crippen molar-refractivity contribution >= 4 is 11.5 Å². The molecule has 1 aromatic carbocycles. The van der Waals surface area contributed by atoms with E-state index in [1.807, 2.05) is 4.98 Å². The molecule has 0 spiro atoms. The van der Waals surface area contributed by atoms with Crippen molar-refractivity contribution in [3.8, 4) is 11.8 Å². The van der Waals surface area contributed by atoms with Crippen LogP contribution in [0.2, 0.25) is 0 Å². The maximum absolute atomic E-state index is 12.9. The monoisotopic (exact) mass is 402 g/mol. The van der Waals surface area contributed by atoms with Gasteiger partial charge in [0.05, 0.1) is 11.8 Å². The molecule has 1 aromatic heterocycles. The van der Waals surface area contributed by atoms with Crippen molar-refractivity contribution in [2.75, 3.05) is 12.0 Å². The van der Waals surface area contributed by atoms with Crippen LogP contribution in [0.15, 0.2) is 29.1 Å². The minimum atomic E-state index is -4.81. The van der Waals surface area contributed by atoms with Crippen LogP contribution in [0, 0.1) is 11.3 Å². The second-order valence-electron chi connectivity index (χ2n) is 6.21. The van der Waals surface area contributed by atoms with E-state index in [-0.39, 0.29) is 17.3 Å². The molecule has 2 aromatic rings. The summed E-state index contributed by atoms with van der Waals surface area (Å²) in [4.78, 5) is 17.7. The highest BCUT2D eigenvalue weighted by Gasteiger charge is 2.31. The first-order valence-corrected chi connectivity index (χ1v) is 8.11. The zero-order valence-electron chi connectivity index (χ0n) is 14.9. The van der Waals surface area contributed by atoms with Crippen LogP contribution in [-0.4, -0.2) is 33.8 Å². The van der Waals surface area contributed by atoms with Gasteiger partial charge in [-0.1, -0.05) is 26.0 Å². The van der Waals surface area contributed by atoms with E-state index in [0.29, 0.717) is 5.56 Å². The number of nitrogens with one attached hydrogen (secondary N) is 3. The number of H-pyrrole nitrogens is 1. The van der Waals surface area contributed by atoms with E-state index in [1.165, 1.54) is 12.1 Å². The minimum Gasteiger partial charge on any atom is -0.480 e. The van der Waals surface area contributed by atoms with Crippen molar-refractivity contribution in [1.29, 1.82) is 5.41 Å². The first-order chi connectivity index (χ1) is 13.0. The molecule has 1 heterocycles. The molecule has 0 aliphatic heterocycles. The zero-order valence-corrected chi connectivity index (χ0v) is 14.9. The van der Waals surface area contributed by atoms with Crippen molar-refractivity contribution < 1.29 is 27.4 Å². The number of rotatable bonds is 7. The van der Waals surface area contributed by atoms with Gasteiger partial charge in [-0.3, -0.25) is 9.78 Å². The molecule has 2 rings (SSSR count). The van der Waals surface area contributed by atoms with Crippen molar-refractivity contribution in [1.82, 2.24) is 9.97 Å². The number of halogens is 4. The number of hydrogen-bond acceptors (Lipinski definition) is 6. The second-order valence-corrected chi connectivity index (χ2v) is 6.21. The van der Waals surface area contributed by atoms with Crippen LogP contribution in [0.5, 0.6) is 11.8 Å². The molecule has 1 unspecified atom stereocenters. The molecule has 0 fully saturated rings. The summed E-state index contributed by atoms with van der Waals surface area (Å²) in [6.45, 7) is 2.37. The Balaban J connectivity index is 2.39. The molecule has 0 aliphatic carbocycles. The molecule has 7 nitrogen and oxygen atoms in total. The molecular formula is C17H18F4N4O3. The highest BCUT2D eigenvalue weighted by molar-refractivity contribution is 6.02. The lowest BCUT2D eigenvalue weighted by Gasteiger charge is -2.24. The second kappa shape index (κ2) is 8.28. The van der Waals surface area contributed by atoms with Gasteiger partial charge in [-0.25, -0.2) is 4.39 Å². The summed E-state index contributed by atoms with van der Waals surface area (Å²) in [5.41, 5.74) is -1.37. The van der Waals surface area contributed by atoms with Gasteiger partial charge in [-0.15, -0.1) is 13.2 Å². The Morgan fingerprint density at radius 1 is 1.32 bits per heavy atom. The number of aromatic hydroxyl groups is 1. The maximum atomic E-state index is 12.9. The first-order valence-electron chi connectivity index (χ1n) is 8.11. The van der Waals surface area contributed by atoms with Gasteiger partial charge in [-0.05, 0) is 23.6 Å². The largest absolute Gasteiger partial charge is 0.573 e. The lowest BCUT2D eigenvalue weighted by molar-refractivity contribution is -0.274. The van der Waals surface area contributed by atoms with Crippen LogP contribution in [0.3, 0.4) is 0 Å². The van der Waals surface area contributed by atoms with E-state index in [1.54, 1.807) is 13.8 Å². The number of anilines is 1. The molecule has 0 saturated heterocycles. The molecular weight excluding hydrogens is 384 g/mol. The van der Waals surface area contributed by atoms with Crippen molar-refractivity contribution in [3.63, 3.8) is 0 Å². The Kier molecular flexibility index (Phi) is 6.26. The van der Waals surface area contributed by atoms with Crippen LogP contribution in [-0.2, 0) is 0 Å². The van der Waals surface area contributed by atoms with Gasteiger partial charge >= 0.3 is 6.36 Å². The molecule has 0 saturated carbocycles. The van der Waals surface area contributed by atoms with Gasteiger partial charge in [0, 0.05) is 0 Å². The molecule has 1 atom stereocenters. The Bertz CT molecular complexity index is 895. The van der Waals surface area contributed by atoms with Gasteiger partial charge in [0.1, 0.15) is 23.8 Å². The van der Waals surface area contributed by atoms with Crippen LogP contribution in [0.25, 0.3) is 0 Å². The molecule has 0 amide bonds. The predicted octanol–water partition coefficient (Wildman–Crippen LogP) is 3.52. The number of nitrogens with zero attached hydrogens (tertiary/aromatic N) is 1. The lowest BCUT2D eigenvalue weighted by Crippen LogP contribution is -2.26. The number of benzene rings is 1. The normalized spacial score (nSPS) is 12.7. The summed E-state index contributed by atoms with van der Waals surface area (Å²) >= 11 is 0. The molecule has 11 heteroatoms. The van der Waals surface area contributed by atoms with E-state index in [0.717, 1.165) is 12.1 Å². The number of alkyl halides is 4. The third-order valence-electron chi connectivity index (χ3n) is 3.77. The van der Waals surface area contributed by atoms with Gasteiger partial charge < -0.3 is 20.6 Å². The van der Waals surface area contributed by atoms with Gasteiger partial charge in [0.25, 0.3) is 11.6 Å². The average Bonchev–Trinajstić information content (AvgIpc) is 2.58. The minimum absolute atomic E-state index is 0.148. The van der Waals surface area contributed by atoms with Crippen LogP contribution >= 0.6 is 0 Å². The molecule has 4 N–H and O–H groups in total. The van der Waals surface area contributed by atoms with Gasteiger partial charge in [0.15, 0.2) is 0 Å². The van der Waals surface area contributed by atoms with E-state index in [2.05, 4.69) is 15.0 Å². The van der Waals surface area contributed by atoms with Crippen molar-refractivity contribution in [3.05, 3.63) is 45.7 Å². The maximum Gasteiger partial charge on any atom is 0.573 e. The summed E-state index contributed by atoms with van der Waals surface area (Å²) < 4.78 is 53.6. The van der Waals surface area contributed by atoms with Gasteiger partial charge in [0.2, 0.25) is 0 Å². The Hall–Kier alpha value is -3.11. The number of hydrogen-bond donors (Lipinski definition) is 4. The third-order valence-corrected chi connectivity index (χ3v) is 3.77. The number of aromatic amines is 1. The summed E-state index contributed by atoms with van der Waals surface area (Å²) in [5.74, 6) is -0.756. The Morgan fingerprint density at radius 2 is 1.93 bits per heavy atom. The molecule has 0 bridgehead atoms. The molecule has 0 radical (unpaired) electrons. The third kappa shape index (κ3) is 5.21. The topological polar surface area (TPSA) is 111 Å². The first kappa shape index (κ1) is 21.2. The van der Waals surface area contributed by atoms with Crippen molar-refractivity contribution in [2.24, 2.45) is 5.92 Å². The fourth-order valence-electron chi connectivity index (χ4n) is 2.57. The Labute approximate surface area is 156 Å². The summed E-state index contributed by atoms with van der Waals surface area (Å²) in [5, 5.41) is 20.0. The van der Waals surface area contributed by atoms with E-state index >= 15 is 0 Å². The zero-order chi connectivity index (χ0) is 21.1. The number of aromatic nitrogens is 2. The number of ether oxygens (including phenoxy) is 1. The summed E-state index contributed by atoms with van der Waals surface area (Å²) in [7, 11) is 0. The average molecular weight is 402 g/mol. The SMILES string of the molecule is CC(C)C(Nc1nc(O)[nH]c(=O)c1C(=N)CF)c1ccc(OC(F)(F)F)cc1. The van der Waals surface area contributed by atoms with E-state index in [4.69, 9.17) is 5.41 Å². The fraction of sp³-hybridized carbons (Fsp3) is 0.353. The van der Waals surface area contributed by atoms with Crippen LogP contribution in [0.4, 0.5) is 23.4 Å². The van der Waals surface area contributed by atoms with Crippen LogP contribution in [0.1, 0.15) is 31.0 Å². The summed E-state index contributed by atoms with van der Waals surface area (Å²) in [6, 6.07) is 3.76. The molecule has 0 aliphatic rings. The quantitative estimate of drug-likeness (QED) is 0.418. The smallest absolute Gasteiger partial charge is 0.480 e. The highest BCUT2D eigenvalue weighted by Crippen LogP contribution is 2.30. The predicted molar refractivity (Wildman–Crippen MR) is 93.7 cm³/mol. The molecule has 152 valence electrons.